The Morgan fingerprint density at radius 2 is 2.47 bits per heavy atom. The largest absolute Gasteiger partial charge is 0.465 e. The normalized spacial score (nSPS) is 21.4. The van der Waals surface area contributed by atoms with Crippen LogP contribution >= 0.6 is 11.6 Å². The zero-order valence-corrected chi connectivity index (χ0v) is 11.5. The fraction of sp³-hybridized carbons (Fsp3) is 0.500. The lowest BCUT2D eigenvalue weighted by molar-refractivity contribution is -0.0416. The number of carbonyl (C=O) groups is 1. The molecular formula is C12H16ClN3O3. The van der Waals surface area contributed by atoms with Crippen LogP contribution in [0.4, 0.5) is 10.5 Å². The Bertz CT molecular complexity index is 481. The van der Waals surface area contributed by atoms with Crippen molar-refractivity contribution < 1.29 is 14.6 Å². The molecule has 1 saturated heterocycles. The van der Waals surface area contributed by atoms with Gasteiger partial charge < -0.3 is 15.2 Å². The number of anilines is 1. The van der Waals surface area contributed by atoms with Gasteiger partial charge >= 0.3 is 6.09 Å². The number of pyridine rings is 1. The predicted molar refractivity (Wildman–Crippen MR) is 71.4 cm³/mol. The van der Waals surface area contributed by atoms with Gasteiger partial charge in [-0.15, -0.1) is 0 Å². The molecule has 0 saturated carbocycles. The smallest absolute Gasteiger partial charge is 0.409 e. The Hall–Kier alpha value is -1.53. The SMILES string of the molecule is CC1(C)OC[C@H](CNc2ccnc(Cl)c2)N1C(=O)O. The summed E-state index contributed by atoms with van der Waals surface area (Å²) >= 11 is 5.78. The van der Waals surface area contributed by atoms with Gasteiger partial charge in [0.15, 0.2) is 0 Å². The van der Waals surface area contributed by atoms with Crippen molar-refractivity contribution in [2.45, 2.75) is 25.6 Å². The summed E-state index contributed by atoms with van der Waals surface area (Å²) in [6.07, 6.45) is 0.608. The summed E-state index contributed by atoms with van der Waals surface area (Å²) in [5.74, 6) is 0. The van der Waals surface area contributed by atoms with Gasteiger partial charge in [-0.25, -0.2) is 9.78 Å². The third-order valence-electron chi connectivity index (χ3n) is 3.05. The lowest BCUT2D eigenvalue weighted by Crippen LogP contribution is -2.49. The van der Waals surface area contributed by atoms with Gasteiger partial charge in [-0.3, -0.25) is 4.90 Å². The first-order valence-electron chi connectivity index (χ1n) is 5.92. The summed E-state index contributed by atoms with van der Waals surface area (Å²) in [4.78, 5) is 16.5. The molecule has 1 aliphatic rings. The van der Waals surface area contributed by atoms with E-state index in [-0.39, 0.29) is 6.04 Å². The maximum Gasteiger partial charge on any atom is 0.409 e. The van der Waals surface area contributed by atoms with E-state index in [1.165, 1.54) is 4.90 Å². The first-order chi connectivity index (χ1) is 8.90. The molecule has 0 bridgehead atoms. The lowest BCUT2D eigenvalue weighted by atomic mass is 10.2. The van der Waals surface area contributed by atoms with Gasteiger partial charge in [-0.1, -0.05) is 11.6 Å². The summed E-state index contributed by atoms with van der Waals surface area (Å²) in [6, 6.07) is 3.23. The summed E-state index contributed by atoms with van der Waals surface area (Å²) in [5.41, 5.74) is 0.00342. The van der Waals surface area contributed by atoms with Gasteiger partial charge in [-0.05, 0) is 26.0 Å². The van der Waals surface area contributed by atoms with Crippen LogP contribution in [0.25, 0.3) is 0 Å². The number of hydrogen-bond donors (Lipinski definition) is 2. The van der Waals surface area contributed by atoms with Crippen LogP contribution in [0.15, 0.2) is 18.3 Å². The molecule has 1 aliphatic heterocycles. The minimum absolute atomic E-state index is 0.237. The molecule has 2 rings (SSSR count). The molecule has 1 amide bonds. The number of hydrogen-bond acceptors (Lipinski definition) is 4. The molecule has 0 spiro atoms. The Labute approximate surface area is 116 Å². The van der Waals surface area contributed by atoms with Gasteiger partial charge in [0.1, 0.15) is 10.9 Å². The molecule has 1 aromatic heterocycles. The van der Waals surface area contributed by atoms with E-state index in [9.17, 15) is 9.90 Å². The number of carboxylic acid groups (broad SMARTS) is 1. The highest BCUT2D eigenvalue weighted by atomic mass is 35.5. The van der Waals surface area contributed by atoms with Gasteiger partial charge in [0.05, 0.1) is 12.6 Å². The Kier molecular flexibility index (Phi) is 3.82. The Balaban J connectivity index is 2.01. The molecule has 0 aliphatic carbocycles. The Morgan fingerprint density at radius 3 is 3.11 bits per heavy atom. The van der Waals surface area contributed by atoms with Crippen molar-refractivity contribution in [2.24, 2.45) is 0 Å². The molecule has 1 fully saturated rings. The summed E-state index contributed by atoms with van der Waals surface area (Å²) in [6.45, 7) is 4.30. The lowest BCUT2D eigenvalue weighted by Gasteiger charge is -2.31. The summed E-state index contributed by atoms with van der Waals surface area (Å²) in [5, 5.41) is 12.8. The highest BCUT2D eigenvalue weighted by Crippen LogP contribution is 2.27. The molecule has 0 aromatic carbocycles. The summed E-state index contributed by atoms with van der Waals surface area (Å²) < 4.78 is 5.51. The highest BCUT2D eigenvalue weighted by molar-refractivity contribution is 6.29. The van der Waals surface area contributed by atoms with E-state index >= 15 is 0 Å². The molecule has 2 heterocycles. The highest BCUT2D eigenvalue weighted by Gasteiger charge is 2.43. The van der Waals surface area contributed by atoms with E-state index in [0.29, 0.717) is 18.3 Å². The minimum atomic E-state index is -0.984. The number of ether oxygens (including phenoxy) is 1. The van der Waals surface area contributed by atoms with Crippen LogP contribution in [0.3, 0.4) is 0 Å². The van der Waals surface area contributed by atoms with Crippen LogP contribution in [0.5, 0.6) is 0 Å². The van der Waals surface area contributed by atoms with Gasteiger partial charge in [0, 0.05) is 18.4 Å². The van der Waals surface area contributed by atoms with Crippen LogP contribution in [0.1, 0.15) is 13.8 Å². The zero-order chi connectivity index (χ0) is 14.0. The van der Waals surface area contributed by atoms with E-state index < -0.39 is 11.8 Å². The number of amides is 1. The fourth-order valence-corrected chi connectivity index (χ4v) is 2.34. The number of nitrogens with one attached hydrogen (secondary N) is 1. The van der Waals surface area contributed by atoms with Crippen molar-refractivity contribution in [3.63, 3.8) is 0 Å². The molecule has 2 N–H and O–H groups in total. The van der Waals surface area contributed by atoms with E-state index in [0.717, 1.165) is 5.69 Å². The summed E-state index contributed by atoms with van der Waals surface area (Å²) in [7, 11) is 0. The topological polar surface area (TPSA) is 74.7 Å². The molecule has 1 aromatic rings. The first kappa shape index (κ1) is 13.9. The molecule has 0 radical (unpaired) electrons. The maximum absolute atomic E-state index is 11.3. The molecule has 0 unspecified atom stereocenters. The van der Waals surface area contributed by atoms with Crippen LogP contribution in [0.2, 0.25) is 5.15 Å². The van der Waals surface area contributed by atoms with E-state index in [1.807, 2.05) is 0 Å². The molecule has 19 heavy (non-hydrogen) atoms. The van der Waals surface area contributed by atoms with Crippen LogP contribution in [-0.4, -0.2) is 46.0 Å². The van der Waals surface area contributed by atoms with Crippen LogP contribution in [-0.2, 0) is 4.74 Å². The van der Waals surface area contributed by atoms with Crippen molar-refractivity contribution in [3.8, 4) is 0 Å². The first-order valence-corrected chi connectivity index (χ1v) is 6.29. The molecule has 1 atom stereocenters. The number of aromatic nitrogens is 1. The van der Waals surface area contributed by atoms with Crippen molar-refractivity contribution in [3.05, 3.63) is 23.5 Å². The Morgan fingerprint density at radius 1 is 1.74 bits per heavy atom. The molecule has 6 nitrogen and oxygen atoms in total. The number of rotatable bonds is 3. The van der Waals surface area contributed by atoms with Gasteiger partial charge in [0.2, 0.25) is 0 Å². The maximum atomic E-state index is 11.3. The molecular weight excluding hydrogens is 270 g/mol. The third-order valence-corrected chi connectivity index (χ3v) is 3.26. The molecule has 7 heteroatoms. The van der Waals surface area contributed by atoms with Gasteiger partial charge in [-0.2, -0.15) is 0 Å². The van der Waals surface area contributed by atoms with Gasteiger partial charge in [0.25, 0.3) is 0 Å². The van der Waals surface area contributed by atoms with Crippen molar-refractivity contribution in [1.29, 1.82) is 0 Å². The minimum Gasteiger partial charge on any atom is -0.465 e. The third kappa shape index (κ3) is 3.08. The quantitative estimate of drug-likeness (QED) is 0.833. The van der Waals surface area contributed by atoms with Crippen molar-refractivity contribution in [1.82, 2.24) is 9.88 Å². The standard InChI is InChI=1S/C12H16ClN3O3/c1-12(2)16(11(17)18)9(7-19-12)6-15-8-3-4-14-10(13)5-8/h3-5,9H,6-7H2,1-2H3,(H,14,15)(H,17,18)/t9-/m0/s1. The predicted octanol–water partition coefficient (Wildman–Crippen LogP) is 2.26. The van der Waals surface area contributed by atoms with Crippen molar-refractivity contribution >= 4 is 23.4 Å². The van der Waals surface area contributed by atoms with Crippen LogP contribution < -0.4 is 5.32 Å². The van der Waals surface area contributed by atoms with E-state index in [4.69, 9.17) is 16.3 Å². The second-order valence-corrected chi connectivity index (χ2v) is 5.20. The zero-order valence-electron chi connectivity index (χ0n) is 10.8. The number of halogens is 1. The average Bonchev–Trinajstić information content (AvgIpc) is 2.62. The average molecular weight is 286 g/mol. The van der Waals surface area contributed by atoms with E-state index in [1.54, 1.807) is 32.2 Å². The van der Waals surface area contributed by atoms with E-state index in [2.05, 4.69) is 10.3 Å². The fourth-order valence-electron chi connectivity index (χ4n) is 2.17. The van der Waals surface area contributed by atoms with Crippen molar-refractivity contribution in [2.75, 3.05) is 18.5 Å². The monoisotopic (exact) mass is 285 g/mol. The second-order valence-electron chi connectivity index (χ2n) is 4.81. The number of nitrogens with zero attached hydrogens (tertiary/aromatic N) is 2. The van der Waals surface area contributed by atoms with Crippen LogP contribution in [0, 0.1) is 0 Å². The molecule has 104 valence electrons. The second kappa shape index (κ2) is 5.22.